The lowest BCUT2D eigenvalue weighted by atomic mass is 10.1. The molecule has 0 spiro atoms. The Morgan fingerprint density at radius 2 is 1.79 bits per heavy atom. The summed E-state index contributed by atoms with van der Waals surface area (Å²) in [5, 5.41) is 0.737. The summed E-state index contributed by atoms with van der Waals surface area (Å²) in [7, 11) is 0. The molecule has 1 amide bonds. The lowest BCUT2D eigenvalue weighted by molar-refractivity contribution is -0.113. The number of aliphatic imine (C=N–C) groups is 1. The van der Waals surface area contributed by atoms with Crippen LogP contribution in [0.25, 0.3) is 5.57 Å². The largest absolute Gasteiger partial charge is 0.271 e. The van der Waals surface area contributed by atoms with Crippen LogP contribution in [0.1, 0.15) is 12.5 Å². The molecule has 1 aromatic heterocycles. The van der Waals surface area contributed by atoms with Gasteiger partial charge >= 0.3 is 0 Å². The van der Waals surface area contributed by atoms with E-state index in [4.69, 9.17) is 11.6 Å². The number of hydrogen-bond acceptors (Lipinski definition) is 4. The van der Waals surface area contributed by atoms with Gasteiger partial charge in [0.25, 0.3) is 5.91 Å². The zero-order chi connectivity index (χ0) is 20.4. The van der Waals surface area contributed by atoms with Gasteiger partial charge in [-0.05, 0) is 66.2 Å². The van der Waals surface area contributed by atoms with Gasteiger partial charge in [0.15, 0.2) is 10.3 Å². The molecular formula is C22H15ClFN3OS. The zero-order valence-corrected chi connectivity index (χ0v) is 16.9. The average Bonchev–Trinajstić information content (AvgIpc) is 3.06. The van der Waals surface area contributed by atoms with Crippen LogP contribution in [0.4, 0.5) is 15.8 Å². The number of rotatable bonds is 3. The van der Waals surface area contributed by atoms with E-state index in [9.17, 15) is 9.18 Å². The van der Waals surface area contributed by atoms with Crippen molar-refractivity contribution in [3.63, 3.8) is 0 Å². The molecule has 7 heteroatoms. The highest BCUT2D eigenvalue weighted by Crippen LogP contribution is 2.40. The predicted octanol–water partition coefficient (Wildman–Crippen LogP) is 6.07. The molecule has 0 atom stereocenters. The van der Waals surface area contributed by atoms with E-state index in [1.807, 2.05) is 37.3 Å². The quantitative estimate of drug-likeness (QED) is 0.379. The summed E-state index contributed by atoms with van der Waals surface area (Å²) in [4.78, 5) is 24.0. The first-order chi connectivity index (χ1) is 14.0. The van der Waals surface area contributed by atoms with Gasteiger partial charge in [0.2, 0.25) is 0 Å². The summed E-state index contributed by atoms with van der Waals surface area (Å²) in [6.07, 6.45) is 1.58. The highest BCUT2D eigenvalue weighted by atomic mass is 35.5. The van der Waals surface area contributed by atoms with Gasteiger partial charge in [0.05, 0.1) is 10.6 Å². The fraction of sp³-hybridized carbons (Fsp3) is 0.0455. The Bertz CT molecular complexity index is 1130. The van der Waals surface area contributed by atoms with E-state index in [2.05, 4.69) is 9.98 Å². The molecule has 0 N–H and O–H groups in total. The van der Waals surface area contributed by atoms with Crippen LogP contribution in [-0.2, 0) is 4.79 Å². The van der Waals surface area contributed by atoms with Gasteiger partial charge in [0, 0.05) is 6.20 Å². The van der Waals surface area contributed by atoms with Crippen molar-refractivity contribution in [2.75, 3.05) is 4.90 Å². The second-order valence-electron chi connectivity index (χ2n) is 6.25. The molecule has 0 saturated carbocycles. The molecule has 1 saturated heterocycles. The maximum atomic E-state index is 13.3. The van der Waals surface area contributed by atoms with Crippen molar-refractivity contribution >= 4 is 51.4 Å². The molecule has 3 aromatic rings. The molecule has 2 aromatic carbocycles. The number of pyridine rings is 1. The van der Waals surface area contributed by atoms with Crippen molar-refractivity contribution in [2.24, 2.45) is 4.99 Å². The number of allylic oxidation sites excluding steroid dienone is 1. The molecule has 0 radical (unpaired) electrons. The van der Waals surface area contributed by atoms with E-state index in [-0.39, 0.29) is 16.9 Å². The first-order valence-corrected chi connectivity index (χ1v) is 9.97. The molecule has 1 aliphatic rings. The van der Waals surface area contributed by atoms with Gasteiger partial charge in [-0.15, -0.1) is 0 Å². The minimum Gasteiger partial charge on any atom is -0.268 e. The second-order valence-corrected chi connectivity index (χ2v) is 7.58. The highest BCUT2D eigenvalue weighted by Gasteiger charge is 2.36. The fourth-order valence-corrected chi connectivity index (χ4v) is 4.10. The lowest BCUT2D eigenvalue weighted by Crippen LogP contribution is -2.28. The summed E-state index contributed by atoms with van der Waals surface area (Å²) < 4.78 is 13.3. The first-order valence-electron chi connectivity index (χ1n) is 8.78. The summed E-state index contributed by atoms with van der Waals surface area (Å²) in [5.74, 6) is -0.516. The van der Waals surface area contributed by atoms with Crippen LogP contribution in [0.15, 0.2) is 82.8 Å². The van der Waals surface area contributed by atoms with Crippen LogP contribution in [0.2, 0.25) is 5.15 Å². The van der Waals surface area contributed by atoms with E-state index in [1.54, 1.807) is 35.4 Å². The Balaban J connectivity index is 1.83. The van der Waals surface area contributed by atoms with E-state index in [0.29, 0.717) is 21.4 Å². The summed E-state index contributed by atoms with van der Waals surface area (Å²) >= 11 is 7.42. The van der Waals surface area contributed by atoms with Crippen LogP contribution in [0.3, 0.4) is 0 Å². The molecule has 4 nitrogen and oxygen atoms in total. The number of para-hydroxylation sites is 1. The number of anilines is 1. The Labute approximate surface area is 176 Å². The number of amides is 1. The number of aromatic nitrogens is 1. The summed E-state index contributed by atoms with van der Waals surface area (Å²) in [6.45, 7) is 1.84. The van der Waals surface area contributed by atoms with Gasteiger partial charge in [-0.3, -0.25) is 9.69 Å². The van der Waals surface area contributed by atoms with Crippen molar-refractivity contribution < 1.29 is 9.18 Å². The van der Waals surface area contributed by atoms with Crippen molar-refractivity contribution in [2.45, 2.75) is 6.92 Å². The number of benzene rings is 2. The smallest absolute Gasteiger partial charge is 0.268 e. The first kappa shape index (κ1) is 19.4. The van der Waals surface area contributed by atoms with E-state index in [1.165, 1.54) is 23.9 Å². The van der Waals surface area contributed by atoms with Crippen molar-refractivity contribution in [3.8, 4) is 0 Å². The molecule has 0 unspecified atom stereocenters. The Hall–Kier alpha value is -2.96. The standard InChI is InChI=1S/C22H15ClFN3OS/c1-14(15-9-11-16(24)12-10-15)19-21(28)27(17-6-3-2-4-7-17)22(29-19)26-18-8-5-13-25-20(18)23/h2-13H,1H3/b19-14-,26-22?. The lowest BCUT2D eigenvalue weighted by Gasteiger charge is -2.15. The Kier molecular flexibility index (Phi) is 5.47. The summed E-state index contributed by atoms with van der Waals surface area (Å²) in [5.41, 5.74) is 2.70. The molecule has 0 aliphatic carbocycles. The topological polar surface area (TPSA) is 45.6 Å². The van der Waals surface area contributed by atoms with Crippen LogP contribution < -0.4 is 4.90 Å². The third kappa shape index (κ3) is 3.95. The van der Waals surface area contributed by atoms with E-state index >= 15 is 0 Å². The molecule has 29 heavy (non-hydrogen) atoms. The monoisotopic (exact) mass is 423 g/mol. The number of halogens is 2. The van der Waals surface area contributed by atoms with Gasteiger partial charge in [0.1, 0.15) is 11.5 Å². The highest BCUT2D eigenvalue weighted by molar-refractivity contribution is 8.19. The molecule has 2 heterocycles. The zero-order valence-electron chi connectivity index (χ0n) is 15.3. The maximum absolute atomic E-state index is 13.3. The van der Waals surface area contributed by atoms with Crippen LogP contribution in [-0.4, -0.2) is 16.1 Å². The van der Waals surface area contributed by atoms with Crippen molar-refractivity contribution in [3.05, 3.63) is 94.4 Å². The number of carbonyl (C=O) groups is 1. The van der Waals surface area contributed by atoms with Crippen LogP contribution >= 0.6 is 23.4 Å². The molecular weight excluding hydrogens is 409 g/mol. The third-order valence-corrected chi connectivity index (χ3v) is 5.80. The Morgan fingerprint density at radius 3 is 2.48 bits per heavy atom. The molecule has 0 bridgehead atoms. The van der Waals surface area contributed by atoms with Crippen LogP contribution in [0.5, 0.6) is 0 Å². The van der Waals surface area contributed by atoms with E-state index < -0.39 is 0 Å². The van der Waals surface area contributed by atoms with Gasteiger partial charge < -0.3 is 0 Å². The van der Waals surface area contributed by atoms with Gasteiger partial charge in [-0.25, -0.2) is 14.4 Å². The SMILES string of the molecule is C/C(=C1/SC(=Nc2cccnc2Cl)N(c2ccccc2)C1=O)c1ccc(F)cc1. The number of amidine groups is 1. The van der Waals surface area contributed by atoms with Gasteiger partial charge in [-0.2, -0.15) is 0 Å². The van der Waals surface area contributed by atoms with E-state index in [0.717, 1.165) is 11.1 Å². The second kappa shape index (κ2) is 8.19. The third-order valence-electron chi connectivity index (χ3n) is 4.37. The maximum Gasteiger partial charge on any atom is 0.271 e. The minimum absolute atomic E-state index is 0.193. The summed E-state index contributed by atoms with van der Waals surface area (Å²) in [6, 6.07) is 18.8. The number of hydrogen-bond donors (Lipinski definition) is 0. The number of thioether (sulfide) groups is 1. The Morgan fingerprint density at radius 1 is 1.07 bits per heavy atom. The van der Waals surface area contributed by atoms with Gasteiger partial charge in [-0.1, -0.05) is 41.9 Å². The van der Waals surface area contributed by atoms with Crippen LogP contribution in [0, 0.1) is 5.82 Å². The van der Waals surface area contributed by atoms with Crippen molar-refractivity contribution in [1.82, 2.24) is 4.98 Å². The van der Waals surface area contributed by atoms with Crippen molar-refractivity contribution in [1.29, 1.82) is 0 Å². The molecule has 1 fully saturated rings. The fourth-order valence-electron chi connectivity index (χ4n) is 2.88. The predicted molar refractivity (Wildman–Crippen MR) is 117 cm³/mol. The number of nitrogens with zero attached hydrogens (tertiary/aromatic N) is 3. The normalized spacial score (nSPS) is 17.1. The molecule has 1 aliphatic heterocycles. The minimum atomic E-state index is -0.323. The molecule has 4 rings (SSSR count). The molecule has 144 valence electrons. The average molecular weight is 424 g/mol. The number of carbonyl (C=O) groups excluding carboxylic acids is 1.